The van der Waals surface area contributed by atoms with Crippen LogP contribution in [-0.2, 0) is 0 Å². The fourth-order valence-corrected chi connectivity index (χ4v) is 3.23. The van der Waals surface area contributed by atoms with Crippen molar-refractivity contribution in [2.75, 3.05) is 19.6 Å². The molecule has 2 fully saturated rings. The van der Waals surface area contributed by atoms with Crippen LogP contribution in [0.5, 0.6) is 0 Å². The highest BCUT2D eigenvalue weighted by Crippen LogP contribution is 2.26. The van der Waals surface area contributed by atoms with Gasteiger partial charge in [-0.3, -0.25) is 4.90 Å². The summed E-state index contributed by atoms with van der Waals surface area (Å²) in [5.74, 6) is 0.791. The van der Waals surface area contributed by atoms with E-state index in [0.29, 0.717) is 0 Å². The van der Waals surface area contributed by atoms with E-state index < -0.39 is 0 Å². The Kier molecular flexibility index (Phi) is 4.04. The number of nitrogens with one attached hydrogen (secondary N) is 1. The zero-order valence-corrected chi connectivity index (χ0v) is 10.3. The van der Waals surface area contributed by atoms with Crippen LogP contribution in [-0.4, -0.2) is 36.6 Å². The van der Waals surface area contributed by atoms with Crippen LogP contribution in [0, 0.1) is 5.92 Å². The largest absolute Gasteiger partial charge is 0.314 e. The fraction of sp³-hybridized carbons (Fsp3) is 1.00. The minimum absolute atomic E-state index is 0.779. The highest BCUT2D eigenvalue weighted by atomic mass is 15.2. The summed E-state index contributed by atoms with van der Waals surface area (Å²) in [6.07, 6.45) is 7.28. The lowest BCUT2D eigenvalue weighted by Crippen LogP contribution is -2.57. The number of rotatable bonds is 2. The molecule has 2 heteroatoms. The standard InChI is InChI=1S/C13H26N2/c1-11(2)13-10-14-8-9-15(13)12-6-4-3-5-7-12/h11-14H,3-10H2,1-2H3. The van der Waals surface area contributed by atoms with Crippen molar-refractivity contribution >= 4 is 0 Å². The number of piperazine rings is 1. The summed E-state index contributed by atoms with van der Waals surface area (Å²) in [5.41, 5.74) is 0. The van der Waals surface area contributed by atoms with Gasteiger partial charge in [-0.2, -0.15) is 0 Å². The molecule has 0 aromatic carbocycles. The average molecular weight is 210 g/mol. The Bertz CT molecular complexity index is 185. The van der Waals surface area contributed by atoms with Gasteiger partial charge in [-0.25, -0.2) is 0 Å². The third-order valence-electron chi connectivity index (χ3n) is 4.14. The zero-order valence-electron chi connectivity index (χ0n) is 10.3. The second-order valence-corrected chi connectivity index (χ2v) is 5.55. The Morgan fingerprint density at radius 1 is 1.13 bits per heavy atom. The van der Waals surface area contributed by atoms with Crippen molar-refractivity contribution in [3.63, 3.8) is 0 Å². The van der Waals surface area contributed by atoms with Crippen molar-refractivity contribution in [2.45, 2.75) is 58.0 Å². The molecule has 1 N–H and O–H groups in total. The van der Waals surface area contributed by atoms with Crippen LogP contribution in [0.25, 0.3) is 0 Å². The van der Waals surface area contributed by atoms with Crippen molar-refractivity contribution in [3.05, 3.63) is 0 Å². The first-order chi connectivity index (χ1) is 7.29. The van der Waals surface area contributed by atoms with Gasteiger partial charge >= 0.3 is 0 Å². The number of nitrogens with zero attached hydrogens (tertiary/aromatic N) is 1. The monoisotopic (exact) mass is 210 g/mol. The lowest BCUT2D eigenvalue weighted by molar-refractivity contribution is 0.0580. The molecule has 1 heterocycles. The van der Waals surface area contributed by atoms with Crippen molar-refractivity contribution in [2.24, 2.45) is 5.92 Å². The molecule has 1 aliphatic heterocycles. The molecule has 88 valence electrons. The molecule has 1 atom stereocenters. The predicted octanol–water partition coefficient (Wildman–Crippen LogP) is 2.25. The van der Waals surface area contributed by atoms with Gasteiger partial charge in [-0.1, -0.05) is 33.1 Å². The molecule has 0 bridgehead atoms. The SMILES string of the molecule is CC(C)C1CNCCN1C1CCCCC1. The lowest BCUT2D eigenvalue weighted by atomic mass is 9.90. The first-order valence-electron chi connectivity index (χ1n) is 6.75. The van der Waals surface area contributed by atoms with Crippen molar-refractivity contribution in [1.82, 2.24) is 10.2 Å². The van der Waals surface area contributed by atoms with Crippen LogP contribution >= 0.6 is 0 Å². The Balaban J connectivity index is 1.96. The van der Waals surface area contributed by atoms with Gasteiger partial charge in [0.2, 0.25) is 0 Å². The lowest BCUT2D eigenvalue weighted by Gasteiger charge is -2.44. The summed E-state index contributed by atoms with van der Waals surface area (Å²) >= 11 is 0. The fourth-order valence-electron chi connectivity index (χ4n) is 3.23. The quantitative estimate of drug-likeness (QED) is 0.752. The summed E-state index contributed by atoms with van der Waals surface area (Å²) < 4.78 is 0. The third kappa shape index (κ3) is 2.73. The van der Waals surface area contributed by atoms with E-state index in [-0.39, 0.29) is 0 Å². The normalized spacial score (nSPS) is 31.0. The second-order valence-electron chi connectivity index (χ2n) is 5.55. The van der Waals surface area contributed by atoms with Crippen molar-refractivity contribution in [1.29, 1.82) is 0 Å². The van der Waals surface area contributed by atoms with Crippen molar-refractivity contribution < 1.29 is 0 Å². The average Bonchev–Trinajstić information content (AvgIpc) is 2.30. The van der Waals surface area contributed by atoms with Crippen LogP contribution in [0.2, 0.25) is 0 Å². The second kappa shape index (κ2) is 5.31. The van der Waals surface area contributed by atoms with Crippen LogP contribution in [0.1, 0.15) is 46.0 Å². The molecule has 0 spiro atoms. The highest BCUT2D eigenvalue weighted by molar-refractivity contribution is 4.87. The van der Waals surface area contributed by atoms with Gasteiger partial charge in [-0.05, 0) is 18.8 Å². The molecule has 0 amide bonds. The highest BCUT2D eigenvalue weighted by Gasteiger charge is 2.30. The maximum atomic E-state index is 3.54. The van der Waals surface area contributed by atoms with E-state index in [2.05, 4.69) is 24.1 Å². The summed E-state index contributed by atoms with van der Waals surface area (Å²) in [6, 6.07) is 1.68. The van der Waals surface area contributed by atoms with E-state index in [4.69, 9.17) is 0 Å². The van der Waals surface area contributed by atoms with Gasteiger partial charge in [0.15, 0.2) is 0 Å². The molecule has 1 unspecified atom stereocenters. The van der Waals surface area contributed by atoms with E-state index in [1.807, 2.05) is 0 Å². The Labute approximate surface area is 94.4 Å². The van der Waals surface area contributed by atoms with Gasteiger partial charge in [0.1, 0.15) is 0 Å². The summed E-state index contributed by atoms with van der Waals surface area (Å²) in [4.78, 5) is 2.81. The summed E-state index contributed by atoms with van der Waals surface area (Å²) in [5, 5.41) is 3.54. The maximum absolute atomic E-state index is 3.54. The number of hydrogen-bond acceptors (Lipinski definition) is 2. The van der Waals surface area contributed by atoms with Crippen LogP contribution in [0.15, 0.2) is 0 Å². The molecule has 1 aliphatic carbocycles. The molecule has 0 aromatic rings. The topological polar surface area (TPSA) is 15.3 Å². The first kappa shape index (κ1) is 11.4. The molecule has 1 saturated carbocycles. The molecule has 1 saturated heterocycles. The van der Waals surface area contributed by atoms with Gasteiger partial charge in [0.25, 0.3) is 0 Å². The first-order valence-corrected chi connectivity index (χ1v) is 6.75. The smallest absolute Gasteiger partial charge is 0.0247 e. The van der Waals surface area contributed by atoms with E-state index >= 15 is 0 Å². The van der Waals surface area contributed by atoms with E-state index in [0.717, 1.165) is 18.0 Å². The molecule has 0 aromatic heterocycles. The molecule has 15 heavy (non-hydrogen) atoms. The van der Waals surface area contributed by atoms with E-state index in [1.165, 1.54) is 51.7 Å². The van der Waals surface area contributed by atoms with E-state index in [9.17, 15) is 0 Å². The molecular formula is C13H26N2. The minimum Gasteiger partial charge on any atom is -0.314 e. The predicted molar refractivity (Wildman–Crippen MR) is 65.1 cm³/mol. The Morgan fingerprint density at radius 2 is 1.87 bits per heavy atom. The molecular weight excluding hydrogens is 184 g/mol. The van der Waals surface area contributed by atoms with Crippen LogP contribution in [0.4, 0.5) is 0 Å². The summed E-state index contributed by atoms with van der Waals surface area (Å²) in [6.45, 7) is 8.41. The van der Waals surface area contributed by atoms with Crippen LogP contribution < -0.4 is 5.32 Å². The minimum atomic E-state index is 0.779. The van der Waals surface area contributed by atoms with Gasteiger partial charge in [0.05, 0.1) is 0 Å². The molecule has 2 nitrogen and oxygen atoms in total. The number of hydrogen-bond donors (Lipinski definition) is 1. The van der Waals surface area contributed by atoms with E-state index in [1.54, 1.807) is 0 Å². The molecule has 2 rings (SSSR count). The van der Waals surface area contributed by atoms with Gasteiger partial charge in [-0.15, -0.1) is 0 Å². The Morgan fingerprint density at radius 3 is 2.53 bits per heavy atom. The maximum Gasteiger partial charge on any atom is 0.0247 e. The Hall–Kier alpha value is -0.0800. The zero-order chi connectivity index (χ0) is 10.7. The van der Waals surface area contributed by atoms with Crippen molar-refractivity contribution in [3.8, 4) is 0 Å². The van der Waals surface area contributed by atoms with Gasteiger partial charge < -0.3 is 5.32 Å². The van der Waals surface area contributed by atoms with Gasteiger partial charge in [0, 0.05) is 31.7 Å². The van der Waals surface area contributed by atoms with Crippen LogP contribution in [0.3, 0.4) is 0 Å². The third-order valence-corrected chi connectivity index (χ3v) is 4.14. The summed E-state index contributed by atoms with van der Waals surface area (Å²) in [7, 11) is 0. The molecule has 0 radical (unpaired) electrons. The molecule has 2 aliphatic rings.